The monoisotopic (exact) mass is 540 g/mol. The smallest absolute Gasteiger partial charge is 0.304 e. The van der Waals surface area contributed by atoms with Crippen molar-refractivity contribution >= 4 is 39.3 Å². The third-order valence-electron chi connectivity index (χ3n) is 5.79. The van der Waals surface area contributed by atoms with Crippen LogP contribution in [0.2, 0.25) is 5.02 Å². The summed E-state index contributed by atoms with van der Waals surface area (Å²) in [5.74, 6) is -1.44. The van der Waals surface area contributed by atoms with Crippen molar-refractivity contribution in [2.45, 2.75) is 52.2 Å². The maximum absolute atomic E-state index is 13.7. The minimum absolute atomic E-state index is 0.0711. The zero-order valence-corrected chi connectivity index (χ0v) is 22.8. The van der Waals surface area contributed by atoms with E-state index in [0.29, 0.717) is 17.9 Å². The molecule has 0 aliphatic heterocycles. The average molecular weight is 541 g/mol. The Labute approximate surface area is 218 Å². The van der Waals surface area contributed by atoms with Gasteiger partial charge in [-0.25, -0.2) is 8.70 Å². The fraction of sp³-hybridized carbons (Fsp3) is 0.440. The van der Waals surface area contributed by atoms with Crippen LogP contribution < -0.4 is 9.62 Å². The van der Waals surface area contributed by atoms with Crippen LogP contribution in [0.5, 0.6) is 0 Å². The van der Waals surface area contributed by atoms with Crippen LogP contribution in [-0.2, 0) is 26.3 Å². The SMILES string of the molecule is CCC(C)NC(=O)C(CC)N(Cc1ccc(Cl)cc1)C(=O)CN(c1ccc(F)cc1)S(=O)(=O)N(C)C. The lowest BCUT2D eigenvalue weighted by atomic mass is 10.1. The van der Waals surface area contributed by atoms with Crippen molar-refractivity contribution < 1.29 is 22.4 Å². The molecule has 2 amide bonds. The first kappa shape index (κ1) is 29.5. The molecule has 2 aromatic carbocycles. The molecule has 8 nitrogen and oxygen atoms in total. The molecule has 0 aliphatic rings. The second kappa shape index (κ2) is 13.0. The van der Waals surface area contributed by atoms with Crippen LogP contribution in [0.25, 0.3) is 0 Å². The molecular weight excluding hydrogens is 507 g/mol. The molecule has 2 atom stereocenters. The van der Waals surface area contributed by atoms with Crippen LogP contribution in [0, 0.1) is 5.82 Å². The Balaban J connectivity index is 2.48. The van der Waals surface area contributed by atoms with Crippen molar-refractivity contribution in [2.24, 2.45) is 0 Å². The van der Waals surface area contributed by atoms with E-state index in [9.17, 15) is 22.4 Å². The number of nitrogens with one attached hydrogen (secondary N) is 1. The molecule has 0 fully saturated rings. The predicted octanol–water partition coefficient (Wildman–Crippen LogP) is 3.81. The Morgan fingerprint density at radius 1 is 1.00 bits per heavy atom. The van der Waals surface area contributed by atoms with Gasteiger partial charge in [0, 0.05) is 31.7 Å². The van der Waals surface area contributed by atoms with E-state index in [-0.39, 0.29) is 24.2 Å². The number of hydrogen-bond donors (Lipinski definition) is 1. The lowest BCUT2D eigenvalue weighted by Gasteiger charge is -2.34. The average Bonchev–Trinajstić information content (AvgIpc) is 2.83. The summed E-state index contributed by atoms with van der Waals surface area (Å²) in [5.41, 5.74) is 0.855. The number of benzene rings is 2. The summed E-state index contributed by atoms with van der Waals surface area (Å²) in [5, 5.41) is 3.44. The van der Waals surface area contributed by atoms with Gasteiger partial charge in [-0.05, 0) is 61.7 Å². The van der Waals surface area contributed by atoms with Gasteiger partial charge in [0.25, 0.3) is 0 Å². The summed E-state index contributed by atoms with van der Waals surface area (Å²) in [6.07, 6.45) is 1.03. The highest BCUT2D eigenvalue weighted by atomic mass is 35.5. The molecule has 2 aromatic rings. The first-order valence-corrected chi connectivity index (χ1v) is 13.5. The van der Waals surface area contributed by atoms with Gasteiger partial charge in [0.15, 0.2) is 0 Å². The number of carbonyl (C=O) groups excluding carboxylic acids is 2. The number of amides is 2. The van der Waals surface area contributed by atoms with Crippen molar-refractivity contribution in [1.82, 2.24) is 14.5 Å². The minimum atomic E-state index is -4.11. The van der Waals surface area contributed by atoms with Gasteiger partial charge in [0.1, 0.15) is 18.4 Å². The lowest BCUT2D eigenvalue weighted by molar-refractivity contribution is -0.140. The predicted molar refractivity (Wildman–Crippen MR) is 140 cm³/mol. The van der Waals surface area contributed by atoms with E-state index in [2.05, 4.69) is 5.32 Å². The van der Waals surface area contributed by atoms with E-state index >= 15 is 0 Å². The van der Waals surface area contributed by atoms with Crippen LogP contribution in [0.3, 0.4) is 0 Å². The van der Waals surface area contributed by atoms with Crippen LogP contribution >= 0.6 is 11.6 Å². The number of anilines is 1. The van der Waals surface area contributed by atoms with Gasteiger partial charge in [-0.2, -0.15) is 12.7 Å². The Hall–Kier alpha value is -2.69. The van der Waals surface area contributed by atoms with Crippen LogP contribution in [-0.4, -0.2) is 62.2 Å². The van der Waals surface area contributed by atoms with Gasteiger partial charge in [0.2, 0.25) is 11.8 Å². The molecule has 198 valence electrons. The zero-order valence-electron chi connectivity index (χ0n) is 21.2. The van der Waals surface area contributed by atoms with E-state index < -0.39 is 34.5 Å². The van der Waals surface area contributed by atoms with Crippen LogP contribution in [0.4, 0.5) is 10.1 Å². The highest BCUT2D eigenvalue weighted by Gasteiger charge is 2.34. The highest BCUT2D eigenvalue weighted by molar-refractivity contribution is 7.90. The van der Waals surface area contributed by atoms with Crippen LogP contribution in [0.15, 0.2) is 48.5 Å². The Kier molecular flexibility index (Phi) is 10.7. The molecule has 11 heteroatoms. The zero-order chi connectivity index (χ0) is 27.0. The van der Waals surface area contributed by atoms with E-state index in [0.717, 1.165) is 26.3 Å². The van der Waals surface area contributed by atoms with Gasteiger partial charge >= 0.3 is 10.2 Å². The number of nitrogens with zero attached hydrogens (tertiary/aromatic N) is 3. The Morgan fingerprint density at radius 3 is 2.08 bits per heavy atom. The van der Waals surface area contributed by atoms with Crippen molar-refractivity contribution in [3.8, 4) is 0 Å². The lowest BCUT2D eigenvalue weighted by Crippen LogP contribution is -2.54. The van der Waals surface area contributed by atoms with Crippen molar-refractivity contribution in [1.29, 1.82) is 0 Å². The summed E-state index contributed by atoms with van der Waals surface area (Å²) < 4.78 is 41.7. The first-order chi connectivity index (χ1) is 16.9. The van der Waals surface area contributed by atoms with Gasteiger partial charge in [-0.15, -0.1) is 0 Å². The summed E-state index contributed by atoms with van der Waals surface area (Å²) in [6.45, 7) is 5.09. The molecule has 0 saturated carbocycles. The molecular formula is C25H34ClFN4O4S. The van der Waals surface area contributed by atoms with Crippen molar-refractivity contribution in [2.75, 3.05) is 24.9 Å². The molecule has 0 aromatic heterocycles. The quantitative estimate of drug-likeness (QED) is 0.443. The summed E-state index contributed by atoms with van der Waals surface area (Å²) >= 11 is 6.00. The molecule has 0 spiro atoms. The van der Waals surface area contributed by atoms with Gasteiger partial charge in [0.05, 0.1) is 5.69 Å². The Morgan fingerprint density at radius 2 is 1.58 bits per heavy atom. The summed E-state index contributed by atoms with van der Waals surface area (Å²) in [6, 6.07) is 10.8. The van der Waals surface area contributed by atoms with E-state index in [1.807, 2.05) is 13.8 Å². The van der Waals surface area contributed by atoms with Gasteiger partial charge < -0.3 is 10.2 Å². The number of hydrogen-bond acceptors (Lipinski definition) is 4. The molecule has 0 aliphatic carbocycles. The number of rotatable bonds is 12. The number of halogens is 2. The molecule has 2 unspecified atom stereocenters. The molecule has 0 saturated heterocycles. The summed E-state index contributed by atoms with van der Waals surface area (Å²) in [4.78, 5) is 28.2. The molecule has 2 rings (SSSR count). The highest BCUT2D eigenvalue weighted by Crippen LogP contribution is 2.22. The molecule has 1 N–H and O–H groups in total. The fourth-order valence-corrected chi connectivity index (χ4v) is 4.65. The standard InChI is InChI=1S/C25H34ClFN4O4S/c1-6-18(3)28-25(33)23(7-2)30(16-19-8-10-20(26)11-9-19)24(32)17-31(36(34,35)29(4)5)22-14-12-21(27)13-15-22/h8-15,18,23H,6-7,16-17H2,1-5H3,(H,28,33). The van der Waals surface area contributed by atoms with Gasteiger partial charge in [-0.3, -0.25) is 9.59 Å². The Bertz CT molecular complexity index is 1130. The summed E-state index contributed by atoms with van der Waals surface area (Å²) in [7, 11) is -1.42. The second-order valence-corrected chi connectivity index (χ2v) is 11.2. The first-order valence-electron chi connectivity index (χ1n) is 11.7. The van der Waals surface area contributed by atoms with Gasteiger partial charge in [-0.1, -0.05) is 37.6 Å². The molecule has 0 bridgehead atoms. The maximum atomic E-state index is 13.7. The molecule has 0 radical (unpaired) electrons. The fourth-order valence-electron chi connectivity index (χ4n) is 3.47. The third-order valence-corrected chi connectivity index (χ3v) is 7.86. The normalized spacial score (nSPS) is 13.2. The molecule has 36 heavy (non-hydrogen) atoms. The van der Waals surface area contributed by atoms with Crippen LogP contribution in [0.1, 0.15) is 39.2 Å². The number of carbonyl (C=O) groups is 2. The largest absolute Gasteiger partial charge is 0.352 e. The topological polar surface area (TPSA) is 90.0 Å². The van der Waals surface area contributed by atoms with E-state index in [4.69, 9.17) is 11.6 Å². The second-order valence-electron chi connectivity index (χ2n) is 8.66. The van der Waals surface area contributed by atoms with Crippen molar-refractivity contribution in [3.63, 3.8) is 0 Å². The van der Waals surface area contributed by atoms with E-state index in [1.165, 1.54) is 31.1 Å². The third kappa shape index (κ3) is 7.65. The van der Waals surface area contributed by atoms with Crippen molar-refractivity contribution in [3.05, 3.63) is 64.9 Å². The van der Waals surface area contributed by atoms with E-state index in [1.54, 1.807) is 31.2 Å². The molecule has 0 heterocycles. The minimum Gasteiger partial charge on any atom is -0.352 e. The maximum Gasteiger partial charge on any atom is 0.304 e.